The molecule has 0 saturated heterocycles. The first-order chi connectivity index (χ1) is 10.5. The molecular formula is C17H13BrN2O2. The van der Waals surface area contributed by atoms with Gasteiger partial charge in [-0.15, -0.1) is 0 Å². The number of halogens is 1. The quantitative estimate of drug-likeness (QED) is 0.644. The van der Waals surface area contributed by atoms with Crippen LogP contribution in [0, 0.1) is 18.3 Å². The predicted molar refractivity (Wildman–Crippen MR) is 89.2 cm³/mol. The molecule has 0 aromatic heterocycles. The molecule has 4 nitrogen and oxygen atoms in total. The van der Waals surface area contributed by atoms with Gasteiger partial charge < -0.3 is 10.4 Å². The van der Waals surface area contributed by atoms with E-state index >= 15 is 0 Å². The minimum atomic E-state index is -0.522. The van der Waals surface area contributed by atoms with Crippen LogP contribution < -0.4 is 5.32 Å². The fraction of sp³-hybridized carbons (Fsp3) is 0.0588. The average molecular weight is 357 g/mol. The zero-order valence-corrected chi connectivity index (χ0v) is 13.4. The first-order valence-electron chi connectivity index (χ1n) is 6.48. The van der Waals surface area contributed by atoms with Crippen molar-refractivity contribution in [2.24, 2.45) is 0 Å². The highest BCUT2D eigenvalue weighted by Crippen LogP contribution is 2.24. The Bertz CT molecular complexity index is 774. The standard InChI is InChI=1S/C17H13BrN2O2/c1-11-2-5-15(6-3-11)20-17(22)13(10-19)8-12-9-14(18)4-7-16(12)21/h2-9,21H,1H3,(H,20,22)/b13-8-. The Morgan fingerprint density at radius 3 is 2.59 bits per heavy atom. The Labute approximate surface area is 136 Å². The number of anilines is 1. The van der Waals surface area contributed by atoms with Gasteiger partial charge in [-0.3, -0.25) is 4.79 Å². The van der Waals surface area contributed by atoms with Gasteiger partial charge in [0.25, 0.3) is 5.91 Å². The molecule has 0 spiro atoms. The number of amides is 1. The highest BCUT2D eigenvalue weighted by atomic mass is 79.9. The fourth-order valence-corrected chi connectivity index (χ4v) is 2.16. The summed E-state index contributed by atoms with van der Waals surface area (Å²) in [7, 11) is 0. The fourth-order valence-electron chi connectivity index (χ4n) is 1.78. The number of hydrogen-bond acceptors (Lipinski definition) is 3. The summed E-state index contributed by atoms with van der Waals surface area (Å²) in [6.07, 6.45) is 1.35. The monoisotopic (exact) mass is 356 g/mol. The van der Waals surface area contributed by atoms with Crippen LogP contribution in [0.4, 0.5) is 5.69 Å². The van der Waals surface area contributed by atoms with Gasteiger partial charge in [-0.1, -0.05) is 33.6 Å². The van der Waals surface area contributed by atoms with E-state index < -0.39 is 5.91 Å². The number of hydrogen-bond donors (Lipinski definition) is 2. The van der Waals surface area contributed by atoms with E-state index in [-0.39, 0.29) is 11.3 Å². The van der Waals surface area contributed by atoms with E-state index in [1.54, 1.807) is 24.3 Å². The van der Waals surface area contributed by atoms with E-state index in [0.717, 1.165) is 10.0 Å². The normalized spacial score (nSPS) is 10.9. The Morgan fingerprint density at radius 1 is 1.27 bits per heavy atom. The van der Waals surface area contributed by atoms with Crippen LogP contribution >= 0.6 is 15.9 Å². The van der Waals surface area contributed by atoms with E-state index in [4.69, 9.17) is 5.26 Å². The molecule has 5 heteroatoms. The zero-order chi connectivity index (χ0) is 16.1. The summed E-state index contributed by atoms with van der Waals surface area (Å²) in [6, 6.07) is 13.9. The van der Waals surface area contributed by atoms with Crippen molar-refractivity contribution in [3.8, 4) is 11.8 Å². The first-order valence-corrected chi connectivity index (χ1v) is 7.27. The van der Waals surface area contributed by atoms with Crippen LogP contribution in [0.25, 0.3) is 6.08 Å². The largest absolute Gasteiger partial charge is 0.507 e. The predicted octanol–water partition coefficient (Wildman–Crippen LogP) is 4.01. The number of aromatic hydroxyl groups is 1. The van der Waals surface area contributed by atoms with Crippen LogP contribution in [0.2, 0.25) is 0 Å². The number of phenols is 1. The summed E-state index contributed by atoms with van der Waals surface area (Å²) in [6.45, 7) is 1.95. The summed E-state index contributed by atoms with van der Waals surface area (Å²) < 4.78 is 0.743. The molecule has 2 aromatic carbocycles. The minimum absolute atomic E-state index is 0.000846. The van der Waals surface area contributed by atoms with Crippen molar-refractivity contribution in [3.05, 3.63) is 63.6 Å². The summed E-state index contributed by atoms with van der Waals surface area (Å²) in [5.41, 5.74) is 1.99. The van der Waals surface area contributed by atoms with Crippen molar-refractivity contribution in [1.82, 2.24) is 0 Å². The molecule has 22 heavy (non-hydrogen) atoms. The van der Waals surface area contributed by atoms with E-state index in [1.165, 1.54) is 12.1 Å². The number of rotatable bonds is 3. The lowest BCUT2D eigenvalue weighted by Gasteiger charge is -2.05. The molecule has 2 N–H and O–H groups in total. The zero-order valence-electron chi connectivity index (χ0n) is 11.8. The number of carbonyl (C=O) groups is 1. The molecule has 110 valence electrons. The molecule has 2 rings (SSSR count). The Hall–Kier alpha value is -2.58. The lowest BCUT2D eigenvalue weighted by Crippen LogP contribution is -2.13. The molecule has 0 atom stereocenters. The molecule has 2 aromatic rings. The van der Waals surface area contributed by atoms with Gasteiger partial charge in [-0.2, -0.15) is 5.26 Å². The van der Waals surface area contributed by atoms with Gasteiger partial charge in [0.2, 0.25) is 0 Å². The molecule has 0 aliphatic rings. The third-order valence-electron chi connectivity index (χ3n) is 2.96. The van der Waals surface area contributed by atoms with Gasteiger partial charge in [0, 0.05) is 15.7 Å². The highest BCUT2D eigenvalue weighted by molar-refractivity contribution is 9.10. The van der Waals surface area contributed by atoms with Crippen LogP contribution in [-0.4, -0.2) is 11.0 Å². The van der Waals surface area contributed by atoms with Gasteiger partial charge in [0.1, 0.15) is 17.4 Å². The molecule has 1 amide bonds. The maximum Gasteiger partial charge on any atom is 0.266 e. The molecule has 0 aliphatic carbocycles. The van der Waals surface area contributed by atoms with Crippen LogP contribution in [0.15, 0.2) is 52.5 Å². The Kier molecular flexibility index (Phi) is 4.97. The van der Waals surface area contributed by atoms with Crippen molar-refractivity contribution >= 4 is 33.6 Å². The van der Waals surface area contributed by atoms with Crippen molar-refractivity contribution in [3.63, 3.8) is 0 Å². The Morgan fingerprint density at radius 2 is 1.95 bits per heavy atom. The molecule has 0 fully saturated rings. The van der Waals surface area contributed by atoms with Crippen LogP contribution in [0.3, 0.4) is 0 Å². The first kappa shape index (κ1) is 15.8. The molecule has 0 heterocycles. The van der Waals surface area contributed by atoms with Crippen LogP contribution in [0.5, 0.6) is 5.75 Å². The summed E-state index contributed by atoms with van der Waals surface area (Å²) in [4.78, 5) is 12.1. The molecule has 0 radical (unpaired) electrons. The number of nitriles is 1. The van der Waals surface area contributed by atoms with Crippen molar-refractivity contribution in [2.75, 3.05) is 5.32 Å². The van der Waals surface area contributed by atoms with Crippen molar-refractivity contribution in [2.45, 2.75) is 6.92 Å². The van der Waals surface area contributed by atoms with Gasteiger partial charge >= 0.3 is 0 Å². The van der Waals surface area contributed by atoms with Gasteiger partial charge in [0.15, 0.2) is 0 Å². The molecular weight excluding hydrogens is 344 g/mol. The second-order valence-electron chi connectivity index (χ2n) is 4.69. The number of nitrogens with one attached hydrogen (secondary N) is 1. The average Bonchev–Trinajstić information content (AvgIpc) is 2.50. The molecule has 0 aliphatic heterocycles. The smallest absolute Gasteiger partial charge is 0.266 e. The highest BCUT2D eigenvalue weighted by Gasteiger charge is 2.11. The topological polar surface area (TPSA) is 73.1 Å². The van der Waals surface area contributed by atoms with E-state index in [9.17, 15) is 9.90 Å². The second-order valence-corrected chi connectivity index (χ2v) is 5.61. The van der Waals surface area contributed by atoms with E-state index in [0.29, 0.717) is 11.3 Å². The van der Waals surface area contributed by atoms with Gasteiger partial charge in [-0.25, -0.2) is 0 Å². The third-order valence-corrected chi connectivity index (χ3v) is 3.46. The van der Waals surface area contributed by atoms with Crippen LogP contribution in [0.1, 0.15) is 11.1 Å². The Balaban J connectivity index is 2.25. The number of nitrogens with zero attached hydrogens (tertiary/aromatic N) is 1. The number of benzene rings is 2. The lowest BCUT2D eigenvalue weighted by atomic mass is 10.1. The molecule has 0 unspecified atom stereocenters. The number of carbonyl (C=O) groups excluding carboxylic acids is 1. The number of aryl methyl sites for hydroxylation is 1. The summed E-state index contributed by atoms with van der Waals surface area (Å²) in [5, 5.41) is 21.6. The third kappa shape index (κ3) is 3.96. The summed E-state index contributed by atoms with van der Waals surface area (Å²) in [5.74, 6) is -0.523. The summed E-state index contributed by atoms with van der Waals surface area (Å²) >= 11 is 3.28. The molecule has 0 bridgehead atoms. The minimum Gasteiger partial charge on any atom is -0.507 e. The van der Waals surface area contributed by atoms with E-state index in [1.807, 2.05) is 25.1 Å². The van der Waals surface area contributed by atoms with Crippen molar-refractivity contribution < 1.29 is 9.90 Å². The molecule has 0 saturated carbocycles. The second kappa shape index (κ2) is 6.92. The maximum absolute atomic E-state index is 12.1. The maximum atomic E-state index is 12.1. The number of phenolic OH excluding ortho intramolecular Hbond substituents is 1. The van der Waals surface area contributed by atoms with E-state index in [2.05, 4.69) is 21.2 Å². The van der Waals surface area contributed by atoms with Gasteiger partial charge in [0.05, 0.1) is 0 Å². The van der Waals surface area contributed by atoms with Crippen molar-refractivity contribution in [1.29, 1.82) is 5.26 Å². The lowest BCUT2D eigenvalue weighted by molar-refractivity contribution is -0.112. The van der Waals surface area contributed by atoms with Gasteiger partial charge in [-0.05, 0) is 43.3 Å². The van der Waals surface area contributed by atoms with Crippen LogP contribution in [-0.2, 0) is 4.79 Å². The SMILES string of the molecule is Cc1ccc(NC(=O)/C(C#N)=C\c2cc(Br)ccc2O)cc1.